The first-order valence-electron chi connectivity index (χ1n) is 6.96. The van der Waals surface area contributed by atoms with Gasteiger partial charge in [0.05, 0.1) is 25.3 Å². The van der Waals surface area contributed by atoms with Gasteiger partial charge in [-0.3, -0.25) is 0 Å². The number of quaternary nitrogens is 1. The number of hydrogen-bond acceptors (Lipinski definition) is 4. The molecule has 4 unspecified atom stereocenters. The van der Waals surface area contributed by atoms with E-state index < -0.39 is 0 Å². The second-order valence-corrected chi connectivity index (χ2v) is 5.56. The summed E-state index contributed by atoms with van der Waals surface area (Å²) >= 11 is 0. The van der Waals surface area contributed by atoms with Gasteiger partial charge >= 0.3 is 0 Å². The highest BCUT2D eigenvalue weighted by Gasteiger charge is 2.44. The van der Waals surface area contributed by atoms with E-state index in [1.165, 1.54) is 0 Å². The van der Waals surface area contributed by atoms with Crippen molar-refractivity contribution in [3.63, 3.8) is 0 Å². The second-order valence-electron chi connectivity index (χ2n) is 5.56. The molecule has 2 rings (SSSR count). The van der Waals surface area contributed by atoms with Crippen LogP contribution in [0.5, 0.6) is 0 Å². The van der Waals surface area contributed by atoms with E-state index in [0.717, 1.165) is 32.4 Å². The maximum atomic E-state index is 10.7. The third-order valence-corrected chi connectivity index (χ3v) is 4.58. The van der Waals surface area contributed by atoms with Crippen molar-refractivity contribution in [2.24, 2.45) is 5.92 Å². The Morgan fingerprint density at radius 3 is 2.61 bits per heavy atom. The van der Waals surface area contributed by atoms with Crippen LogP contribution in [0, 0.1) is 5.92 Å². The Kier molecular flexibility index (Phi) is 4.98. The molecule has 1 heterocycles. The molecular formula is C13H27N2O3+. The average Bonchev–Trinajstić information content (AvgIpc) is 2.83. The molecule has 18 heavy (non-hydrogen) atoms. The minimum absolute atomic E-state index is 0.0150. The summed E-state index contributed by atoms with van der Waals surface area (Å²) in [5.41, 5.74) is 0. The molecule has 106 valence electrons. The lowest BCUT2D eigenvalue weighted by Gasteiger charge is -2.40. The van der Waals surface area contributed by atoms with Crippen LogP contribution in [0.15, 0.2) is 0 Å². The monoisotopic (exact) mass is 259 g/mol. The summed E-state index contributed by atoms with van der Waals surface area (Å²) in [6.45, 7) is 2.11. The molecule has 0 aromatic heterocycles. The van der Waals surface area contributed by atoms with Gasteiger partial charge in [0.15, 0.2) is 6.17 Å². The van der Waals surface area contributed by atoms with Crippen molar-refractivity contribution in [2.75, 3.05) is 34.4 Å². The van der Waals surface area contributed by atoms with Crippen molar-refractivity contribution in [1.82, 2.24) is 4.90 Å². The van der Waals surface area contributed by atoms with Crippen LogP contribution in [0.25, 0.3) is 0 Å². The second kappa shape index (κ2) is 6.30. The number of likely N-dealkylation sites (N-methyl/N-ethyl adjacent to an activating group) is 1. The van der Waals surface area contributed by atoms with Gasteiger partial charge in [-0.15, -0.1) is 0 Å². The van der Waals surface area contributed by atoms with E-state index in [1.807, 2.05) is 0 Å². The third-order valence-electron chi connectivity index (χ3n) is 4.58. The van der Waals surface area contributed by atoms with E-state index >= 15 is 0 Å². The van der Waals surface area contributed by atoms with Crippen molar-refractivity contribution in [3.05, 3.63) is 0 Å². The molecule has 1 saturated heterocycles. The number of hydrogen-bond donors (Lipinski definition) is 2. The highest BCUT2D eigenvalue weighted by molar-refractivity contribution is 4.90. The van der Waals surface area contributed by atoms with Crippen LogP contribution < -0.4 is 5.32 Å². The van der Waals surface area contributed by atoms with E-state index in [-0.39, 0.29) is 30.4 Å². The highest BCUT2D eigenvalue weighted by Crippen LogP contribution is 2.32. The van der Waals surface area contributed by atoms with Crippen molar-refractivity contribution in [2.45, 2.75) is 43.7 Å². The zero-order valence-corrected chi connectivity index (χ0v) is 11.7. The molecule has 2 fully saturated rings. The Balaban J connectivity index is 2.04. The highest BCUT2D eigenvalue weighted by atomic mass is 16.5. The molecule has 0 radical (unpaired) electrons. The molecule has 1 saturated carbocycles. The van der Waals surface area contributed by atoms with Crippen LogP contribution in [0.2, 0.25) is 0 Å². The Morgan fingerprint density at radius 2 is 2.06 bits per heavy atom. The standard InChI is InChI=1S/C13H26N2O3/c1-15-8-7-14-13(15)11(16)9-5-4-6-10(17-2)12(9)18-3/h9-14,16H,4-8H2,1-3H3/p+1/t9?,10?,11-,12?,13?/m1/s1. The summed E-state index contributed by atoms with van der Waals surface area (Å²) < 4.78 is 11.1. The lowest BCUT2D eigenvalue weighted by Crippen LogP contribution is -2.91. The maximum absolute atomic E-state index is 10.7. The van der Waals surface area contributed by atoms with Crippen LogP contribution in [0.1, 0.15) is 19.3 Å². The molecule has 0 bridgehead atoms. The minimum atomic E-state index is -0.347. The first kappa shape index (κ1) is 14.2. The first-order chi connectivity index (χ1) is 8.69. The van der Waals surface area contributed by atoms with Crippen molar-refractivity contribution in [3.8, 4) is 0 Å². The molecule has 5 nitrogen and oxygen atoms in total. The number of aliphatic hydroxyl groups is 1. The normalized spacial score (nSPS) is 40.0. The fraction of sp³-hybridized carbons (Fsp3) is 1.00. The van der Waals surface area contributed by atoms with Gasteiger partial charge in [0.2, 0.25) is 0 Å². The molecule has 5 heteroatoms. The van der Waals surface area contributed by atoms with Gasteiger partial charge in [0.25, 0.3) is 0 Å². The van der Waals surface area contributed by atoms with Gasteiger partial charge in [-0.25, -0.2) is 4.90 Å². The Hall–Kier alpha value is -0.200. The average molecular weight is 259 g/mol. The van der Waals surface area contributed by atoms with Crippen LogP contribution in [-0.2, 0) is 9.47 Å². The van der Waals surface area contributed by atoms with Crippen LogP contribution in [0.4, 0.5) is 0 Å². The molecular weight excluding hydrogens is 232 g/mol. The molecule has 0 aromatic carbocycles. The fourth-order valence-electron chi connectivity index (χ4n) is 3.53. The zero-order chi connectivity index (χ0) is 13.1. The number of nitrogens with zero attached hydrogens (tertiary/aromatic N) is 1. The number of methoxy groups -OCH3 is 2. The number of ether oxygens (including phenoxy) is 2. The van der Waals surface area contributed by atoms with E-state index in [9.17, 15) is 5.11 Å². The summed E-state index contributed by atoms with van der Waals surface area (Å²) in [4.78, 5) is 2.23. The molecule has 0 spiro atoms. The summed E-state index contributed by atoms with van der Waals surface area (Å²) in [5.74, 6) is 0.176. The van der Waals surface area contributed by atoms with Gasteiger partial charge in [-0.2, -0.15) is 0 Å². The van der Waals surface area contributed by atoms with Crippen LogP contribution in [0.3, 0.4) is 0 Å². The van der Waals surface area contributed by atoms with E-state index in [4.69, 9.17) is 9.47 Å². The van der Waals surface area contributed by atoms with Gasteiger partial charge in [0, 0.05) is 20.1 Å². The number of rotatable bonds is 4. The lowest BCUT2D eigenvalue weighted by atomic mass is 9.79. The van der Waals surface area contributed by atoms with E-state index in [0.29, 0.717) is 0 Å². The van der Waals surface area contributed by atoms with Crippen LogP contribution >= 0.6 is 0 Å². The first-order valence-corrected chi connectivity index (χ1v) is 6.96. The molecule has 0 aromatic rings. The molecule has 1 aliphatic carbocycles. The smallest absolute Gasteiger partial charge is 0.169 e. The Morgan fingerprint density at radius 1 is 1.28 bits per heavy atom. The SMILES string of the molecule is COC1CCCC([C@@H](O)C2[NH2+]CCN2C)C1OC. The van der Waals surface area contributed by atoms with Crippen molar-refractivity contribution in [1.29, 1.82) is 0 Å². The predicted molar refractivity (Wildman–Crippen MR) is 68.2 cm³/mol. The lowest BCUT2D eigenvalue weighted by molar-refractivity contribution is -0.688. The summed E-state index contributed by atoms with van der Waals surface area (Å²) in [6, 6.07) is 0. The maximum Gasteiger partial charge on any atom is 0.169 e. The zero-order valence-electron chi connectivity index (χ0n) is 11.7. The predicted octanol–water partition coefficient (Wildman–Crippen LogP) is -0.988. The van der Waals surface area contributed by atoms with E-state index in [1.54, 1.807) is 14.2 Å². The quantitative estimate of drug-likeness (QED) is 0.681. The minimum Gasteiger partial charge on any atom is -0.385 e. The fourth-order valence-corrected chi connectivity index (χ4v) is 3.53. The van der Waals surface area contributed by atoms with Gasteiger partial charge in [-0.1, -0.05) is 6.42 Å². The largest absolute Gasteiger partial charge is 0.385 e. The molecule has 1 aliphatic heterocycles. The Labute approximate surface area is 109 Å². The molecule has 2 aliphatic rings. The van der Waals surface area contributed by atoms with E-state index in [2.05, 4.69) is 17.3 Å². The molecule has 3 N–H and O–H groups in total. The topological polar surface area (TPSA) is 58.5 Å². The van der Waals surface area contributed by atoms with Gasteiger partial charge in [-0.05, 0) is 19.9 Å². The summed E-state index contributed by atoms with van der Waals surface area (Å²) in [7, 11) is 5.54. The Bertz CT molecular complexity index is 265. The summed E-state index contributed by atoms with van der Waals surface area (Å²) in [5, 5.41) is 12.9. The molecule has 5 atom stereocenters. The van der Waals surface area contributed by atoms with Gasteiger partial charge in [0.1, 0.15) is 6.10 Å². The number of nitrogens with two attached hydrogens (primary N) is 1. The third kappa shape index (κ3) is 2.70. The summed E-state index contributed by atoms with van der Waals surface area (Å²) in [6.07, 6.45) is 3.12. The van der Waals surface area contributed by atoms with Crippen molar-refractivity contribution < 1.29 is 19.9 Å². The van der Waals surface area contributed by atoms with Gasteiger partial charge < -0.3 is 19.9 Å². The van der Waals surface area contributed by atoms with Crippen LogP contribution in [-0.4, -0.2) is 68.8 Å². The number of aliphatic hydroxyl groups excluding tert-OH is 1. The van der Waals surface area contributed by atoms with Crippen molar-refractivity contribution >= 4 is 0 Å². The molecule has 0 amide bonds.